The topological polar surface area (TPSA) is 56.5 Å². The van der Waals surface area contributed by atoms with Crippen LogP contribution < -0.4 is 5.43 Å². The van der Waals surface area contributed by atoms with Crippen molar-refractivity contribution in [2.45, 2.75) is 20.3 Å². The first kappa shape index (κ1) is 16.0. The number of hydrogen-bond acceptors (Lipinski definition) is 4. The Labute approximate surface area is 139 Å². The maximum absolute atomic E-state index is 12.7. The minimum atomic E-state index is -0.478. The standard InChI is InChI=1S/C20H18O4/c1-3-12-23-20(22)16-11-7-10-15-17(21)13(2)18(24-19(15)16)14-8-5-4-6-9-14/h4-11H,3,12H2,1-2H3. The van der Waals surface area contributed by atoms with Gasteiger partial charge in [-0.2, -0.15) is 0 Å². The van der Waals surface area contributed by atoms with Crippen molar-refractivity contribution in [2.75, 3.05) is 6.61 Å². The van der Waals surface area contributed by atoms with Crippen molar-refractivity contribution < 1.29 is 13.9 Å². The lowest BCUT2D eigenvalue weighted by atomic mass is 10.0. The summed E-state index contributed by atoms with van der Waals surface area (Å²) < 4.78 is 11.2. The van der Waals surface area contributed by atoms with Crippen molar-refractivity contribution in [3.63, 3.8) is 0 Å². The zero-order valence-corrected chi connectivity index (χ0v) is 13.7. The second-order valence-electron chi connectivity index (χ2n) is 5.57. The second kappa shape index (κ2) is 6.71. The third-order valence-electron chi connectivity index (χ3n) is 3.84. The summed E-state index contributed by atoms with van der Waals surface area (Å²) in [6.07, 6.45) is 0.731. The first-order chi connectivity index (χ1) is 11.6. The molecule has 0 radical (unpaired) electrons. The van der Waals surface area contributed by atoms with E-state index in [0.29, 0.717) is 23.3 Å². The average Bonchev–Trinajstić information content (AvgIpc) is 2.63. The molecule has 0 N–H and O–H groups in total. The van der Waals surface area contributed by atoms with Gasteiger partial charge < -0.3 is 9.15 Å². The number of esters is 1. The average molecular weight is 322 g/mol. The summed E-state index contributed by atoms with van der Waals surface area (Å²) in [6.45, 7) is 3.99. The van der Waals surface area contributed by atoms with E-state index >= 15 is 0 Å². The van der Waals surface area contributed by atoms with E-state index in [1.165, 1.54) is 0 Å². The van der Waals surface area contributed by atoms with E-state index in [9.17, 15) is 9.59 Å². The smallest absolute Gasteiger partial charge is 0.341 e. The van der Waals surface area contributed by atoms with Crippen molar-refractivity contribution in [3.05, 3.63) is 69.9 Å². The Hall–Kier alpha value is -2.88. The lowest BCUT2D eigenvalue weighted by Gasteiger charge is -2.10. The quantitative estimate of drug-likeness (QED) is 0.671. The molecule has 0 unspecified atom stereocenters. The van der Waals surface area contributed by atoms with Gasteiger partial charge in [0.25, 0.3) is 0 Å². The normalized spacial score (nSPS) is 10.8. The number of carbonyl (C=O) groups excluding carboxylic acids is 1. The molecule has 0 fully saturated rings. The summed E-state index contributed by atoms with van der Waals surface area (Å²) in [5.74, 6) is -0.00249. The van der Waals surface area contributed by atoms with Gasteiger partial charge in [0.05, 0.1) is 12.0 Å². The highest BCUT2D eigenvalue weighted by Crippen LogP contribution is 2.27. The molecule has 0 atom stereocenters. The first-order valence-electron chi connectivity index (χ1n) is 7.92. The maximum Gasteiger partial charge on any atom is 0.341 e. The van der Waals surface area contributed by atoms with Crippen molar-refractivity contribution >= 4 is 16.9 Å². The van der Waals surface area contributed by atoms with E-state index in [1.807, 2.05) is 37.3 Å². The van der Waals surface area contributed by atoms with Crippen LogP contribution in [0.25, 0.3) is 22.3 Å². The number of fused-ring (bicyclic) bond motifs is 1. The number of rotatable bonds is 4. The van der Waals surface area contributed by atoms with Crippen LogP contribution >= 0.6 is 0 Å². The molecule has 2 aromatic carbocycles. The predicted molar refractivity (Wildman–Crippen MR) is 93.2 cm³/mol. The highest BCUT2D eigenvalue weighted by Gasteiger charge is 2.18. The zero-order valence-electron chi connectivity index (χ0n) is 13.7. The number of para-hydroxylation sites is 1. The Morgan fingerprint density at radius 2 is 1.83 bits per heavy atom. The fourth-order valence-electron chi connectivity index (χ4n) is 2.61. The highest BCUT2D eigenvalue weighted by molar-refractivity contribution is 6.02. The molecule has 4 nitrogen and oxygen atoms in total. The van der Waals surface area contributed by atoms with Crippen LogP contribution in [0.3, 0.4) is 0 Å². The lowest BCUT2D eigenvalue weighted by Crippen LogP contribution is -2.11. The molecule has 0 bridgehead atoms. The van der Waals surface area contributed by atoms with Gasteiger partial charge in [-0.25, -0.2) is 4.79 Å². The van der Waals surface area contributed by atoms with Gasteiger partial charge in [0.1, 0.15) is 11.3 Å². The Kier molecular flexibility index (Phi) is 4.47. The van der Waals surface area contributed by atoms with Gasteiger partial charge >= 0.3 is 5.97 Å². The Bertz CT molecular complexity index is 939. The highest BCUT2D eigenvalue weighted by atomic mass is 16.5. The summed E-state index contributed by atoms with van der Waals surface area (Å²) >= 11 is 0. The Balaban J connectivity index is 2.25. The minimum Gasteiger partial charge on any atom is -0.462 e. The van der Waals surface area contributed by atoms with Gasteiger partial charge in [-0.1, -0.05) is 43.3 Å². The van der Waals surface area contributed by atoms with Gasteiger partial charge in [-0.3, -0.25) is 4.79 Å². The molecule has 122 valence electrons. The third-order valence-corrected chi connectivity index (χ3v) is 3.84. The van der Waals surface area contributed by atoms with Crippen molar-refractivity contribution in [1.82, 2.24) is 0 Å². The van der Waals surface area contributed by atoms with E-state index in [-0.39, 0.29) is 16.6 Å². The molecule has 24 heavy (non-hydrogen) atoms. The fraction of sp³-hybridized carbons (Fsp3) is 0.200. The van der Waals surface area contributed by atoms with Crippen LogP contribution in [0, 0.1) is 6.92 Å². The van der Waals surface area contributed by atoms with Gasteiger partial charge in [-0.05, 0) is 25.5 Å². The van der Waals surface area contributed by atoms with Crippen molar-refractivity contribution in [2.24, 2.45) is 0 Å². The summed E-state index contributed by atoms with van der Waals surface area (Å²) in [6, 6.07) is 14.3. The van der Waals surface area contributed by atoms with Crippen LogP contribution in [0.4, 0.5) is 0 Å². The molecule has 4 heteroatoms. The van der Waals surface area contributed by atoms with Crippen molar-refractivity contribution in [3.8, 4) is 11.3 Å². The molecular weight excluding hydrogens is 304 g/mol. The molecule has 3 aromatic rings. The summed E-state index contributed by atoms with van der Waals surface area (Å²) in [4.78, 5) is 25.0. The molecule has 0 aliphatic heterocycles. The maximum atomic E-state index is 12.7. The van der Waals surface area contributed by atoms with Gasteiger partial charge in [-0.15, -0.1) is 0 Å². The summed E-state index contributed by atoms with van der Waals surface area (Å²) in [5.41, 5.74) is 1.72. The van der Waals surface area contributed by atoms with Crippen LogP contribution in [0.5, 0.6) is 0 Å². The van der Waals surface area contributed by atoms with Crippen LogP contribution in [0.15, 0.2) is 57.7 Å². The molecule has 1 aromatic heterocycles. The first-order valence-corrected chi connectivity index (χ1v) is 7.92. The molecule has 0 aliphatic carbocycles. The van der Waals surface area contributed by atoms with Crippen LogP contribution in [-0.4, -0.2) is 12.6 Å². The molecule has 0 aliphatic rings. The second-order valence-corrected chi connectivity index (χ2v) is 5.57. The fourth-order valence-corrected chi connectivity index (χ4v) is 2.61. The molecule has 1 heterocycles. The van der Waals surface area contributed by atoms with E-state index < -0.39 is 5.97 Å². The molecule has 0 spiro atoms. The lowest BCUT2D eigenvalue weighted by molar-refractivity contribution is 0.0506. The number of benzene rings is 2. The van der Waals surface area contributed by atoms with Gasteiger partial charge in [0.2, 0.25) is 0 Å². The number of ether oxygens (including phenoxy) is 1. The molecule has 3 rings (SSSR count). The van der Waals surface area contributed by atoms with E-state index in [2.05, 4.69) is 0 Å². The van der Waals surface area contributed by atoms with Crippen molar-refractivity contribution in [1.29, 1.82) is 0 Å². The summed E-state index contributed by atoms with van der Waals surface area (Å²) in [5, 5.41) is 0.387. The molecule has 0 saturated heterocycles. The van der Waals surface area contributed by atoms with Crippen LogP contribution in [0.1, 0.15) is 29.3 Å². The summed E-state index contributed by atoms with van der Waals surface area (Å²) in [7, 11) is 0. The van der Waals surface area contributed by atoms with Gasteiger partial charge in [0.15, 0.2) is 11.0 Å². The van der Waals surface area contributed by atoms with Crippen LogP contribution in [0.2, 0.25) is 0 Å². The van der Waals surface area contributed by atoms with E-state index in [0.717, 1.165) is 12.0 Å². The molecule has 0 saturated carbocycles. The van der Waals surface area contributed by atoms with E-state index in [4.69, 9.17) is 9.15 Å². The monoisotopic (exact) mass is 322 g/mol. The SMILES string of the molecule is CCCOC(=O)c1cccc2c(=O)c(C)c(-c3ccccc3)oc12. The number of hydrogen-bond donors (Lipinski definition) is 0. The van der Waals surface area contributed by atoms with E-state index in [1.54, 1.807) is 25.1 Å². The largest absolute Gasteiger partial charge is 0.462 e. The predicted octanol–water partition coefficient (Wildman–Crippen LogP) is 4.34. The molecular formula is C20H18O4. The Morgan fingerprint density at radius 1 is 1.08 bits per heavy atom. The van der Waals surface area contributed by atoms with Gasteiger partial charge in [0, 0.05) is 11.1 Å². The minimum absolute atomic E-state index is 0.139. The van der Waals surface area contributed by atoms with Crippen LogP contribution in [-0.2, 0) is 4.74 Å². The third kappa shape index (κ3) is 2.83. The Morgan fingerprint density at radius 3 is 2.54 bits per heavy atom. The molecule has 0 amide bonds. The number of carbonyl (C=O) groups is 1. The zero-order chi connectivity index (χ0) is 17.1.